The first-order valence-electron chi connectivity index (χ1n) is 3.79. The van der Waals surface area contributed by atoms with Gasteiger partial charge >= 0.3 is 0 Å². The molecule has 0 aromatic rings. The van der Waals surface area contributed by atoms with Crippen molar-refractivity contribution in [2.45, 2.75) is 32.1 Å². The van der Waals surface area contributed by atoms with Crippen LogP contribution in [0.15, 0.2) is 0 Å². The summed E-state index contributed by atoms with van der Waals surface area (Å²) in [5, 5.41) is 0.201. The van der Waals surface area contributed by atoms with Gasteiger partial charge in [-0.3, -0.25) is 0 Å². The fourth-order valence-corrected chi connectivity index (χ4v) is 1.03. The number of rotatable bonds is 5. The molecule has 0 aliphatic heterocycles. The van der Waals surface area contributed by atoms with E-state index in [0.717, 1.165) is 12.3 Å². The number of methoxy groups -OCH3 is 1. The number of hydrogen-bond donors (Lipinski definition) is 0. The van der Waals surface area contributed by atoms with Crippen molar-refractivity contribution in [3.63, 3.8) is 0 Å². The van der Waals surface area contributed by atoms with Crippen molar-refractivity contribution < 1.29 is 4.74 Å². The van der Waals surface area contributed by atoms with E-state index in [1.165, 1.54) is 6.42 Å². The highest BCUT2D eigenvalue weighted by Crippen LogP contribution is 2.11. The zero-order valence-corrected chi connectivity index (χ0v) is 7.82. The van der Waals surface area contributed by atoms with Crippen LogP contribution in [0.5, 0.6) is 0 Å². The van der Waals surface area contributed by atoms with Crippen LogP contribution in [0, 0.1) is 5.92 Å². The molecule has 0 radical (unpaired) electrons. The Kier molecular flexibility index (Phi) is 6.14. The lowest BCUT2D eigenvalue weighted by molar-refractivity contribution is 0.193. The molecule has 0 saturated heterocycles. The minimum atomic E-state index is 0.201. The van der Waals surface area contributed by atoms with Gasteiger partial charge in [-0.25, -0.2) is 0 Å². The third-order valence-electron chi connectivity index (χ3n) is 1.40. The molecular formula is C8H17ClO. The van der Waals surface area contributed by atoms with Crippen LogP contribution in [0.2, 0.25) is 0 Å². The van der Waals surface area contributed by atoms with Crippen LogP contribution in [-0.4, -0.2) is 19.1 Å². The minimum absolute atomic E-state index is 0.201. The number of alkyl halides is 1. The zero-order chi connectivity index (χ0) is 7.98. The van der Waals surface area contributed by atoms with Gasteiger partial charge in [0.2, 0.25) is 0 Å². The Labute approximate surface area is 68.7 Å². The van der Waals surface area contributed by atoms with Gasteiger partial charge in [0.25, 0.3) is 0 Å². The third kappa shape index (κ3) is 6.37. The van der Waals surface area contributed by atoms with Gasteiger partial charge in [0.05, 0.1) is 12.0 Å². The van der Waals surface area contributed by atoms with Crippen molar-refractivity contribution in [2.75, 3.05) is 13.7 Å². The molecule has 62 valence electrons. The smallest absolute Gasteiger partial charge is 0.0626 e. The SMILES string of the molecule is COCC(Cl)CCC(C)C. The molecule has 0 aliphatic rings. The second kappa shape index (κ2) is 5.99. The van der Waals surface area contributed by atoms with Crippen LogP contribution in [-0.2, 0) is 4.74 Å². The number of halogens is 1. The normalized spacial score (nSPS) is 14.1. The Morgan fingerprint density at radius 2 is 1.90 bits per heavy atom. The lowest BCUT2D eigenvalue weighted by Gasteiger charge is -2.08. The lowest BCUT2D eigenvalue weighted by Crippen LogP contribution is -2.07. The predicted octanol–water partition coefficient (Wildman–Crippen LogP) is 2.68. The summed E-state index contributed by atoms with van der Waals surface area (Å²) in [5.41, 5.74) is 0. The summed E-state index contributed by atoms with van der Waals surface area (Å²) >= 11 is 5.90. The van der Waals surface area contributed by atoms with E-state index in [-0.39, 0.29) is 5.38 Å². The quantitative estimate of drug-likeness (QED) is 0.568. The molecule has 0 spiro atoms. The number of hydrogen-bond acceptors (Lipinski definition) is 1. The molecule has 0 heterocycles. The maximum absolute atomic E-state index is 5.90. The first-order valence-corrected chi connectivity index (χ1v) is 4.23. The van der Waals surface area contributed by atoms with Gasteiger partial charge in [0.15, 0.2) is 0 Å². The molecule has 10 heavy (non-hydrogen) atoms. The van der Waals surface area contributed by atoms with Crippen LogP contribution in [0.4, 0.5) is 0 Å². The Hall–Kier alpha value is 0.250. The molecule has 2 heteroatoms. The van der Waals surface area contributed by atoms with Gasteiger partial charge in [0, 0.05) is 7.11 Å². The highest BCUT2D eigenvalue weighted by Gasteiger charge is 2.04. The van der Waals surface area contributed by atoms with E-state index >= 15 is 0 Å². The maximum atomic E-state index is 5.90. The number of ether oxygens (including phenoxy) is 1. The maximum Gasteiger partial charge on any atom is 0.0626 e. The fourth-order valence-electron chi connectivity index (χ4n) is 0.778. The fraction of sp³-hybridized carbons (Fsp3) is 1.00. The molecule has 0 aromatic carbocycles. The Bertz CT molecular complexity index is 73.7. The van der Waals surface area contributed by atoms with Crippen LogP contribution in [0.25, 0.3) is 0 Å². The standard InChI is InChI=1S/C8H17ClO/c1-7(2)4-5-8(9)6-10-3/h7-8H,4-6H2,1-3H3. The van der Waals surface area contributed by atoms with Crippen LogP contribution in [0.3, 0.4) is 0 Å². The summed E-state index contributed by atoms with van der Waals surface area (Å²) in [6, 6.07) is 0. The van der Waals surface area contributed by atoms with Gasteiger partial charge < -0.3 is 4.74 Å². The van der Waals surface area contributed by atoms with Crippen molar-refractivity contribution in [1.29, 1.82) is 0 Å². The van der Waals surface area contributed by atoms with Crippen molar-refractivity contribution >= 4 is 11.6 Å². The van der Waals surface area contributed by atoms with E-state index in [1.54, 1.807) is 7.11 Å². The molecule has 1 nitrogen and oxygen atoms in total. The molecule has 1 unspecified atom stereocenters. The summed E-state index contributed by atoms with van der Waals surface area (Å²) in [4.78, 5) is 0. The van der Waals surface area contributed by atoms with Crippen molar-refractivity contribution in [3.8, 4) is 0 Å². The molecule has 0 aliphatic carbocycles. The molecule has 0 rings (SSSR count). The minimum Gasteiger partial charge on any atom is -0.383 e. The van der Waals surface area contributed by atoms with Gasteiger partial charge in [-0.15, -0.1) is 11.6 Å². The summed E-state index contributed by atoms with van der Waals surface area (Å²) < 4.78 is 4.90. The monoisotopic (exact) mass is 164 g/mol. The highest BCUT2D eigenvalue weighted by molar-refractivity contribution is 6.20. The van der Waals surface area contributed by atoms with Crippen molar-refractivity contribution in [2.24, 2.45) is 5.92 Å². The average Bonchev–Trinajstić information content (AvgIpc) is 1.85. The zero-order valence-electron chi connectivity index (χ0n) is 7.06. The van der Waals surface area contributed by atoms with Crippen LogP contribution >= 0.6 is 11.6 Å². The van der Waals surface area contributed by atoms with Gasteiger partial charge in [-0.1, -0.05) is 13.8 Å². The van der Waals surface area contributed by atoms with Crippen molar-refractivity contribution in [1.82, 2.24) is 0 Å². The van der Waals surface area contributed by atoms with Crippen LogP contribution in [0.1, 0.15) is 26.7 Å². The lowest BCUT2D eigenvalue weighted by atomic mass is 10.1. The molecule has 0 fully saturated rings. The Morgan fingerprint density at radius 1 is 1.30 bits per heavy atom. The molecule has 0 saturated carbocycles. The molecule has 0 bridgehead atoms. The van der Waals surface area contributed by atoms with E-state index in [1.807, 2.05) is 0 Å². The molecule has 0 N–H and O–H groups in total. The predicted molar refractivity (Wildman–Crippen MR) is 45.6 cm³/mol. The van der Waals surface area contributed by atoms with Gasteiger partial charge in [-0.2, -0.15) is 0 Å². The van der Waals surface area contributed by atoms with E-state index < -0.39 is 0 Å². The average molecular weight is 165 g/mol. The van der Waals surface area contributed by atoms with E-state index in [0.29, 0.717) is 6.61 Å². The van der Waals surface area contributed by atoms with E-state index in [2.05, 4.69) is 13.8 Å². The highest BCUT2D eigenvalue weighted by atomic mass is 35.5. The summed E-state index contributed by atoms with van der Waals surface area (Å²) in [7, 11) is 1.69. The first kappa shape index (κ1) is 10.2. The molecule has 1 atom stereocenters. The van der Waals surface area contributed by atoms with Crippen LogP contribution < -0.4 is 0 Å². The summed E-state index contributed by atoms with van der Waals surface area (Å²) in [5.74, 6) is 0.748. The first-order chi connectivity index (χ1) is 4.66. The molecule has 0 amide bonds. The van der Waals surface area contributed by atoms with E-state index in [4.69, 9.17) is 16.3 Å². The third-order valence-corrected chi connectivity index (χ3v) is 1.75. The second-order valence-corrected chi connectivity index (χ2v) is 3.64. The second-order valence-electron chi connectivity index (χ2n) is 3.02. The van der Waals surface area contributed by atoms with Gasteiger partial charge in [0.1, 0.15) is 0 Å². The molecular weight excluding hydrogens is 148 g/mol. The Balaban J connectivity index is 3.12. The largest absolute Gasteiger partial charge is 0.383 e. The van der Waals surface area contributed by atoms with Crippen molar-refractivity contribution in [3.05, 3.63) is 0 Å². The molecule has 0 aromatic heterocycles. The topological polar surface area (TPSA) is 9.23 Å². The Morgan fingerprint density at radius 3 is 2.30 bits per heavy atom. The summed E-state index contributed by atoms with van der Waals surface area (Å²) in [6.45, 7) is 5.08. The van der Waals surface area contributed by atoms with E-state index in [9.17, 15) is 0 Å². The van der Waals surface area contributed by atoms with Gasteiger partial charge in [-0.05, 0) is 18.8 Å². The summed E-state index contributed by atoms with van der Waals surface area (Å²) in [6.07, 6.45) is 2.25.